The Hall–Kier alpha value is -1.14. The molecule has 2 rings (SSSR count). The summed E-state index contributed by atoms with van der Waals surface area (Å²) in [6.45, 7) is 5.35. The van der Waals surface area contributed by atoms with Crippen LogP contribution in [0, 0.1) is 0 Å². The lowest BCUT2D eigenvalue weighted by atomic mass is 10.4. The van der Waals surface area contributed by atoms with Gasteiger partial charge in [0.15, 0.2) is 5.03 Å². The van der Waals surface area contributed by atoms with Crippen LogP contribution in [0.1, 0.15) is 39.5 Å². The quantitative estimate of drug-likeness (QED) is 0.800. The van der Waals surface area contributed by atoms with Gasteiger partial charge in [0.05, 0.1) is 5.69 Å². The molecule has 0 aliphatic heterocycles. The van der Waals surface area contributed by atoms with Crippen LogP contribution in [0.15, 0.2) is 23.4 Å². The molecule has 0 aromatic carbocycles. The molecule has 0 amide bonds. The van der Waals surface area contributed by atoms with Crippen molar-refractivity contribution in [2.45, 2.75) is 50.6 Å². The molecule has 20 heavy (non-hydrogen) atoms. The molecular weight excluding hydrogens is 274 g/mol. The fraction of sp³-hybridized carbons (Fsp3) is 0.643. The molecule has 5 nitrogen and oxygen atoms in total. The van der Waals surface area contributed by atoms with Crippen molar-refractivity contribution in [3.8, 4) is 0 Å². The standard InChI is InChI=1S/C14H23N3O2S/c1-3-9-15-13-6-5-10-16-14(13)20(18,19)17(11-4-2)12-7-8-12/h5-6,10,12,15H,3-4,7-9,11H2,1-2H3. The third-order valence-corrected chi connectivity index (χ3v) is 5.20. The second-order valence-corrected chi connectivity index (χ2v) is 6.94. The first kappa shape index (κ1) is 15.3. The highest BCUT2D eigenvalue weighted by Crippen LogP contribution is 2.33. The lowest BCUT2D eigenvalue weighted by Crippen LogP contribution is -2.34. The van der Waals surface area contributed by atoms with Crippen molar-refractivity contribution in [2.75, 3.05) is 18.4 Å². The highest BCUT2D eigenvalue weighted by molar-refractivity contribution is 7.89. The van der Waals surface area contributed by atoms with Crippen molar-refractivity contribution in [3.63, 3.8) is 0 Å². The maximum absolute atomic E-state index is 12.8. The molecule has 0 atom stereocenters. The molecule has 0 unspecified atom stereocenters. The van der Waals surface area contributed by atoms with Crippen molar-refractivity contribution in [3.05, 3.63) is 18.3 Å². The average molecular weight is 297 g/mol. The minimum absolute atomic E-state index is 0.161. The van der Waals surface area contributed by atoms with Crippen LogP contribution in [-0.4, -0.2) is 36.8 Å². The topological polar surface area (TPSA) is 62.3 Å². The van der Waals surface area contributed by atoms with Crippen molar-refractivity contribution < 1.29 is 8.42 Å². The summed E-state index contributed by atoms with van der Waals surface area (Å²) in [5, 5.41) is 3.32. The number of nitrogens with zero attached hydrogens (tertiary/aromatic N) is 2. The van der Waals surface area contributed by atoms with Crippen molar-refractivity contribution in [1.82, 2.24) is 9.29 Å². The first-order valence-electron chi connectivity index (χ1n) is 7.32. The summed E-state index contributed by atoms with van der Waals surface area (Å²) >= 11 is 0. The van der Waals surface area contributed by atoms with Gasteiger partial charge in [-0.25, -0.2) is 13.4 Å². The number of nitrogens with one attached hydrogen (secondary N) is 1. The summed E-state index contributed by atoms with van der Waals surface area (Å²) in [6, 6.07) is 3.71. The summed E-state index contributed by atoms with van der Waals surface area (Å²) in [6.07, 6.45) is 5.23. The van der Waals surface area contributed by atoms with Gasteiger partial charge in [0.2, 0.25) is 0 Å². The van der Waals surface area contributed by atoms with Crippen molar-refractivity contribution in [1.29, 1.82) is 0 Å². The van der Waals surface area contributed by atoms with Crippen LogP contribution in [0.5, 0.6) is 0 Å². The first-order valence-corrected chi connectivity index (χ1v) is 8.76. The Bertz CT molecular complexity index is 541. The summed E-state index contributed by atoms with van der Waals surface area (Å²) in [5.74, 6) is 0. The van der Waals surface area contributed by atoms with E-state index in [1.165, 1.54) is 0 Å². The second-order valence-electron chi connectivity index (χ2n) is 5.13. The molecular formula is C14H23N3O2S. The zero-order valence-electron chi connectivity index (χ0n) is 12.2. The van der Waals surface area contributed by atoms with Gasteiger partial charge in [-0.1, -0.05) is 13.8 Å². The van der Waals surface area contributed by atoms with Gasteiger partial charge < -0.3 is 5.32 Å². The van der Waals surface area contributed by atoms with Gasteiger partial charge in [0, 0.05) is 25.3 Å². The monoisotopic (exact) mass is 297 g/mol. The predicted octanol–water partition coefficient (Wildman–Crippen LogP) is 2.47. The van der Waals surface area contributed by atoms with Gasteiger partial charge in [0.25, 0.3) is 10.0 Å². The zero-order chi connectivity index (χ0) is 14.6. The summed E-state index contributed by atoms with van der Waals surface area (Å²) < 4.78 is 27.2. The molecule has 1 aliphatic rings. The van der Waals surface area contributed by atoms with E-state index in [0.29, 0.717) is 12.2 Å². The Morgan fingerprint density at radius 3 is 2.70 bits per heavy atom. The number of rotatable bonds is 8. The third-order valence-electron chi connectivity index (χ3n) is 3.29. The Morgan fingerprint density at radius 2 is 2.10 bits per heavy atom. The minimum atomic E-state index is -3.50. The molecule has 112 valence electrons. The van der Waals surface area contributed by atoms with E-state index in [0.717, 1.165) is 32.2 Å². The van der Waals surface area contributed by atoms with Crippen molar-refractivity contribution >= 4 is 15.7 Å². The number of hydrogen-bond donors (Lipinski definition) is 1. The van der Waals surface area contributed by atoms with E-state index in [-0.39, 0.29) is 11.1 Å². The van der Waals surface area contributed by atoms with Gasteiger partial charge in [0.1, 0.15) is 0 Å². The molecule has 1 heterocycles. The fourth-order valence-corrected chi connectivity index (χ4v) is 4.04. The maximum Gasteiger partial charge on any atom is 0.262 e. The Balaban J connectivity index is 2.32. The zero-order valence-corrected chi connectivity index (χ0v) is 13.0. The van der Waals surface area contributed by atoms with E-state index in [1.807, 2.05) is 13.8 Å². The fourth-order valence-electron chi connectivity index (χ4n) is 2.18. The predicted molar refractivity (Wildman–Crippen MR) is 80.2 cm³/mol. The molecule has 1 saturated carbocycles. The van der Waals surface area contributed by atoms with E-state index in [1.54, 1.807) is 22.6 Å². The van der Waals surface area contributed by atoms with Gasteiger partial charge >= 0.3 is 0 Å². The normalized spacial score (nSPS) is 15.6. The van der Waals surface area contributed by atoms with Crippen LogP contribution < -0.4 is 5.32 Å². The third kappa shape index (κ3) is 3.30. The van der Waals surface area contributed by atoms with Crippen LogP contribution >= 0.6 is 0 Å². The molecule has 0 spiro atoms. The van der Waals surface area contributed by atoms with Gasteiger partial charge in [-0.2, -0.15) is 4.31 Å². The molecule has 1 aromatic heterocycles. The van der Waals surface area contributed by atoms with E-state index in [9.17, 15) is 8.42 Å². The minimum Gasteiger partial charge on any atom is -0.383 e. The lowest BCUT2D eigenvalue weighted by molar-refractivity contribution is 0.401. The van der Waals surface area contributed by atoms with E-state index >= 15 is 0 Å². The Kier molecular flexibility index (Phi) is 4.99. The molecule has 1 aromatic rings. The largest absolute Gasteiger partial charge is 0.383 e. The van der Waals surface area contributed by atoms with Crippen LogP contribution in [0.25, 0.3) is 0 Å². The smallest absolute Gasteiger partial charge is 0.262 e. The van der Waals surface area contributed by atoms with Crippen LogP contribution in [0.2, 0.25) is 0 Å². The van der Waals surface area contributed by atoms with Crippen LogP contribution in [0.3, 0.4) is 0 Å². The Labute approximate surface area is 121 Å². The number of pyridine rings is 1. The summed E-state index contributed by atoms with van der Waals surface area (Å²) in [4.78, 5) is 4.12. The first-order chi connectivity index (χ1) is 9.61. The molecule has 1 aliphatic carbocycles. The molecule has 0 saturated heterocycles. The molecule has 0 radical (unpaired) electrons. The van der Waals surface area contributed by atoms with Gasteiger partial charge in [-0.05, 0) is 37.8 Å². The summed E-state index contributed by atoms with van der Waals surface area (Å²) in [5.41, 5.74) is 0.608. The van der Waals surface area contributed by atoms with E-state index in [4.69, 9.17) is 0 Å². The van der Waals surface area contributed by atoms with E-state index in [2.05, 4.69) is 10.3 Å². The molecule has 6 heteroatoms. The average Bonchev–Trinajstić information content (AvgIpc) is 3.27. The molecule has 1 fully saturated rings. The van der Waals surface area contributed by atoms with Crippen molar-refractivity contribution in [2.24, 2.45) is 0 Å². The summed E-state index contributed by atoms with van der Waals surface area (Å²) in [7, 11) is -3.50. The Morgan fingerprint density at radius 1 is 1.35 bits per heavy atom. The highest BCUT2D eigenvalue weighted by atomic mass is 32.2. The molecule has 0 bridgehead atoms. The van der Waals surface area contributed by atoms with Gasteiger partial charge in [-0.3, -0.25) is 0 Å². The second kappa shape index (κ2) is 6.54. The van der Waals surface area contributed by atoms with Crippen LogP contribution in [-0.2, 0) is 10.0 Å². The number of sulfonamides is 1. The maximum atomic E-state index is 12.8. The number of aromatic nitrogens is 1. The van der Waals surface area contributed by atoms with E-state index < -0.39 is 10.0 Å². The van der Waals surface area contributed by atoms with Crippen LogP contribution in [0.4, 0.5) is 5.69 Å². The molecule has 1 N–H and O–H groups in total. The number of hydrogen-bond acceptors (Lipinski definition) is 4. The number of anilines is 1. The SMILES string of the molecule is CCCNc1cccnc1S(=O)(=O)N(CCC)C1CC1. The highest BCUT2D eigenvalue weighted by Gasteiger charge is 2.39. The van der Waals surface area contributed by atoms with Gasteiger partial charge in [-0.15, -0.1) is 0 Å². The lowest BCUT2D eigenvalue weighted by Gasteiger charge is -2.22.